The van der Waals surface area contributed by atoms with Crippen molar-refractivity contribution in [2.45, 2.75) is 50.8 Å². The molecular weight excluding hydrogens is 296 g/mol. The van der Waals surface area contributed by atoms with Gasteiger partial charge in [-0.05, 0) is 31.2 Å². The Hall–Kier alpha value is -1.43. The largest absolute Gasteiger partial charge is 0.468 e. The Kier molecular flexibility index (Phi) is 4.45. The minimum Gasteiger partial charge on any atom is -0.468 e. The SMILES string of the molecule is CC[C@@H]1O[C@]2(OC)O[C@H]1CC[C@]2(Cc1ccccc1)C(=O)OC. The van der Waals surface area contributed by atoms with Crippen LogP contribution < -0.4 is 0 Å². The molecule has 1 aromatic carbocycles. The van der Waals surface area contributed by atoms with Crippen LogP contribution >= 0.6 is 0 Å². The maximum Gasteiger partial charge on any atom is 0.320 e. The fourth-order valence-corrected chi connectivity index (χ4v) is 3.86. The predicted molar refractivity (Wildman–Crippen MR) is 83.6 cm³/mol. The van der Waals surface area contributed by atoms with Crippen molar-refractivity contribution >= 4 is 5.97 Å². The van der Waals surface area contributed by atoms with Crippen molar-refractivity contribution in [2.24, 2.45) is 5.41 Å². The van der Waals surface area contributed by atoms with Crippen molar-refractivity contribution in [2.75, 3.05) is 14.2 Å². The normalized spacial score (nSPS) is 36.0. The van der Waals surface area contributed by atoms with Crippen LogP contribution in [0.25, 0.3) is 0 Å². The summed E-state index contributed by atoms with van der Waals surface area (Å²) >= 11 is 0. The number of esters is 1. The zero-order valence-electron chi connectivity index (χ0n) is 13.9. The van der Waals surface area contributed by atoms with Gasteiger partial charge in [0.25, 0.3) is 0 Å². The summed E-state index contributed by atoms with van der Waals surface area (Å²) in [6, 6.07) is 9.85. The minimum atomic E-state index is -1.38. The average molecular weight is 320 g/mol. The van der Waals surface area contributed by atoms with E-state index < -0.39 is 11.4 Å². The topological polar surface area (TPSA) is 54.0 Å². The number of methoxy groups -OCH3 is 2. The molecule has 3 rings (SSSR count). The van der Waals surface area contributed by atoms with Crippen LogP contribution in [0.2, 0.25) is 0 Å². The smallest absolute Gasteiger partial charge is 0.320 e. The zero-order chi connectivity index (χ0) is 16.5. The van der Waals surface area contributed by atoms with Crippen LogP contribution in [0.1, 0.15) is 31.7 Å². The highest BCUT2D eigenvalue weighted by atomic mass is 16.9. The number of ether oxygens (including phenoxy) is 4. The highest BCUT2D eigenvalue weighted by molar-refractivity contribution is 5.78. The highest BCUT2D eigenvalue weighted by Crippen LogP contribution is 2.54. The molecule has 0 radical (unpaired) electrons. The summed E-state index contributed by atoms with van der Waals surface area (Å²) in [7, 11) is 2.93. The Bertz CT molecular complexity index is 560. The summed E-state index contributed by atoms with van der Waals surface area (Å²) in [6.45, 7) is 2.05. The molecule has 5 heteroatoms. The maximum absolute atomic E-state index is 12.8. The van der Waals surface area contributed by atoms with E-state index in [4.69, 9.17) is 18.9 Å². The van der Waals surface area contributed by atoms with E-state index in [1.807, 2.05) is 30.3 Å². The lowest BCUT2D eigenvalue weighted by Crippen LogP contribution is -2.59. The average Bonchev–Trinajstić information content (AvgIpc) is 2.93. The summed E-state index contributed by atoms with van der Waals surface area (Å²) in [4.78, 5) is 12.8. The minimum absolute atomic E-state index is 0.0338. The second-order valence-corrected chi connectivity index (χ2v) is 6.26. The molecule has 2 aliphatic rings. The lowest BCUT2D eigenvalue weighted by Gasteiger charge is -2.45. The Morgan fingerprint density at radius 1 is 1.26 bits per heavy atom. The molecule has 2 heterocycles. The summed E-state index contributed by atoms with van der Waals surface area (Å²) in [5.74, 6) is -1.72. The second-order valence-electron chi connectivity index (χ2n) is 6.26. The van der Waals surface area contributed by atoms with Gasteiger partial charge in [0.2, 0.25) is 0 Å². The van der Waals surface area contributed by atoms with Gasteiger partial charge >= 0.3 is 11.9 Å². The highest BCUT2D eigenvalue weighted by Gasteiger charge is 2.69. The number of carbonyl (C=O) groups excluding carboxylic acids is 1. The van der Waals surface area contributed by atoms with Gasteiger partial charge in [-0.25, -0.2) is 0 Å². The van der Waals surface area contributed by atoms with Gasteiger partial charge < -0.3 is 18.9 Å². The number of hydrogen-bond acceptors (Lipinski definition) is 5. The van der Waals surface area contributed by atoms with Gasteiger partial charge in [0.15, 0.2) is 5.41 Å². The fourth-order valence-electron chi connectivity index (χ4n) is 3.86. The first-order valence-electron chi connectivity index (χ1n) is 8.14. The second kappa shape index (κ2) is 6.23. The van der Waals surface area contributed by atoms with Crippen LogP contribution in [0.4, 0.5) is 0 Å². The van der Waals surface area contributed by atoms with Crippen molar-refractivity contribution in [3.05, 3.63) is 35.9 Å². The van der Waals surface area contributed by atoms with Crippen LogP contribution in [-0.2, 0) is 30.2 Å². The Balaban J connectivity index is 2.02. The molecule has 2 saturated heterocycles. The van der Waals surface area contributed by atoms with Gasteiger partial charge in [-0.2, -0.15) is 0 Å². The quantitative estimate of drug-likeness (QED) is 0.781. The van der Waals surface area contributed by atoms with Crippen molar-refractivity contribution in [3.8, 4) is 0 Å². The molecule has 0 amide bonds. The lowest BCUT2D eigenvalue weighted by atomic mass is 9.73. The third kappa shape index (κ3) is 2.47. The third-order valence-corrected chi connectivity index (χ3v) is 5.07. The van der Waals surface area contributed by atoms with Crippen molar-refractivity contribution < 1.29 is 23.7 Å². The Morgan fingerprint density at radius 2 is 2.00 bits per heavy atom. The fraction of sp³-hybridized carbons (Fsp3) is 0.611. The van der Waals surface area contributed by atoms with Crippen LogP contribution in [0.5, 0.6) is 0 Å². The number of carbonyl (C=O) groups is 1. The summed E-state index contributed by atoms with van der Waals surface area (Å²) < 4.78 is 23.0. The van der Waals surface area contributed by atoms with E-state index in [0.717, 1.165) is 18.4 Å². The van der Waals surface area contributed by atoms with Crippen LogP contribution in [-0.4, -0.2) is 38.4 Å². The number of benzene rings is 1. The molecule has 126 valence electrons. The van der Waals surface area contributed by atoms with Crippen molar-refractivity contribution in [1.29, 1.82) is 0 Å². The molecule has 0 spiro atoms. The van der Waals surface area contributed by atoms with E-state index >= 15 is 0 Å². The molecular formula is C18H24O5. The Labute approximate surface area is 136 Å². The first-order valence-corrected chi connectivity index (χ1v) is 8.14. The van der Waals surface area contributed by atoms with Crippen LogP contribution in [0, 0.1) is 5.41 Å². The van der Waals surface area contributed by atoms with Gasteiger partial charge in [-0.15, -0.1) is 0 Å². The van der Waals surface area contributed by atoms with E-state index in [9.17, 15) is 4.79 Å². The molecule has 0 aromatic heterocycles. The van der Waals surface area contributed by atoms with Gasteiger partial charge in [0.05, 0.1) is 19.3 Å². The zero-order valence-corrected chi connectivity index (χ0v) is 13.9. The predicted octanol–water partition coefficient (Wildman–Crippen LogP) is 2.68. The molecule has 5 nitrogen and oxygen atoms in total. The van der Waals surface area contributed by atoms with Crippen molar-refractivity contribution in [3.63, 3.8) is 0 Å². The molecule has 2 fully saturated rings. The van der Waals surface area contributed by atoms with Gasteiger partial charge in [0.1, 0.15) is 0 Å². The number of fused-ring (bicyclic) bond motifs is 2. The maximum atomic E-state index is 12.8. The van der Waals surface area contributed by atoms with Gasteiger partial charge in [-0.3, -0.25) is 4.79 Å². The summed E-state index contributed by atoms with van der Waals surface area (Å²) in [6.07, 6.45) is 2.55. The first kappa shape index (κ1) is 16.4. The molecule has 1 aromatic rings. The van der Waals surface area contributed by atoms with E-state index in [0.29, 0.717) is 12.8 Å². The van der Waals surface area contributed by atoms with Gasteiger partial charge in [0, 0.05) is 7.11 Å². The van der Waals surface area contributed by atoms with Crippen LogP contribution in [0.15, 0.2) is 30.3 Å². The standard InChI is InChI=1S/C18H24O5/c1-4-14-15-10-11-17(16(19)20-2,18(21-3,22-14)23-15)12-13-8-6-5-7-9-13/h5-9,14-15H,4,10-12H2,1-3H3/t14-,15-,17-,18-/m0/s1. The van der Waals surface area contributed by atoms with Gasteiger partial charge in [-0.1, -0.05) is 37.3 Å². The molecule has 0 N–H and O–H groups in total. The van der Waals surface area contributed by atoms with E-state index in [1.54, 1.807) is 0 Å². The van der Waals surface area contributed by atoms with E-state index in [-0.39, 0.29) is 18.2 Å². The molecule has 4 atom stereocenters. The molecule has 0 saturated carbocycles. The summed E-state index contributed by atoms with van der Waals surface area (Å²) in [5.41, 5.74) is 0.0260. The number of rotatable bonds is 5. The van der Waals surface area contributed by atoms with Crippen LogP contribution in [0.3, 0.4) is 0 Å². The Morgan fingerprint density at radius 3 is 2.61 bits per heavy atom. The lowest BCUT2D eigenvalue weighted by molar-refractivity contribution is -0.392. The molecule has 0 aliphatic carbocycles. The molecule has 0 unspecified atom stereocenters. The molecule has 23 heavy (non-hydrogen) atoms. The summed E-state index contributed by atoms with van der Waals surface area (Å²) in [5, 5.41) is 0. The third-order valence-electron chi connectivity index (χ3n) is 5.07. The van der Waals surface area contributed by atoms with Crippen molar-refractivity contribution in [1.82, 2.24) is 0 Å². The van der Waals surface area contributed by atoms with E-state index in [2.05, 4.69) is 6.92 Å². The molecule has 2 bridgehead atoms. The first-order chi connectivity index (χ1) is 11.1. The van der Waals surface area contributed by atoms with E-state index in [1.165, 1.54) is 14.2 Å². The monoisotopic (exact) mass is 320 g/mol. The number of hydrogen-bond donors (Lipinski definition) is 0. The molecule has 2 aliphatic heterocycles.